The van der Waals surface area contributed by atoms with E-state index >= 15 is 0 Å². The summed E-state index contributed by atoms with van der Waals surface area (Å²) in [5.74, 6) is -1.13. The number of aromatic carboxylic acids is 1. The summed E-state index contributed by atoms with van der Waals surface area (Å²) < 4.78 is 5.37. The Kier molecular flexibility index (Phi) is 5.21. The minimum absolute atomic E-state index is 0.0379. The van der Waals surface area contributed by atoms with Gasteiger partial charge in [-0.15, -0.1) is 0 Å². The Labute approximate surface area is 135 Å². The normalized spacial score (nSPS) is 12.0. The molecule has 0 aliphatic carbocycles. The summed E-state index contributed by atoms with van der Waals surface area (Å²) in [5.41, 5.74) is 2.39. The fourth-order valence-electron chi connectivity index (χ4n) is 2.50. The summed E-state index contributed by atoms with van der Waals surface area (Å²) >= 11 is 0. The molecule has 122 valence electrons. The first-order valence-corrected chi connectivity index (χ1v) is 7.63. The molecule has 23 heavy (non-hydrogen) atoms. The highest BCUT2D eigenvalue weighted by Crippen LogP contribution is 2.17. The van der Waals surface area contributed by atoms with Crippen molar-refractivity contribution in [1.82, 2.24) is 5.32 Å². The highest BCUT2D eigenvalue weighted by Gasteiger charge is 2.21. The number of benzene rings is 1. The third-order valence-electron chi connectivity index (χ3n) is 3.75. The predicted molar refractivity (Wildman–Crippen MR) is 86.9 cm³/mol. The van der Waals surface area contributed by atoms with Crippen LogP contribution in [-0.2, 0) is 12.8 Å². The minimum Gasteiger partial charge on any atom is -0.478 e. The molecular weight excluding hydrogens is 294 g/mol. The fraction of sp³-hybridized carbons (Fsp3) is 0.333. The number of carboxylic acids is 1. The second-order valence-corrected chi connectivity index (χ2v) is 5.61. The van der Waals surface area contributed by atoms with Crippen LogP contribution in [0, 0.1) is 6.92 Å². The summed E-state index contributed by atoms with van der Waals surface area (Å²) in [6.45, 7) is 5.73. The van der Waals surface area contributed by atoms with Gasteiger partial charge in [0.2, 0.25) is 0 Å². The van der Waals surface area contributed by atoms with Crippen LogP contribution in [0.4, 0.5) is 0 Å². The molecule has 0 bridgehead atoms. The highest BCUT2D eigenvalue weighted by molar-refractivity contribution is 5.96. The molecule has 0 fully saturated rings. The lowest BCUT2D eigenvalue weighted by Gasteiger charge is -2.14. The van der Waals surface area contributed by atoms with Gasteiger partial charge in [0.25, 0.3) is 5.91 Å². The molecule has 1 heterocycles. The minimum atomic E-state index is -1.09. The molecule has 1 atom stereocenters. The van der Waals surface area contributed by atoms with Crippen molar-refractivity contribution in [2.75, 3.05) is 0 Å². The molecule has 1 amide bonds. The topological polar surface area (TPSA) is 79.5 Å². The first-order chi connectivity index (χ1) is 10.9. The van der Waals surface area contributed by atoms with Crippen LogP contribution in [0.1, 0.15) is 51.6 Å². The Bertz CT molecular complexity index is 718. The number of nitrogens with one attached hydrogen (secondary N) is 1. The monoisotopic (exact) mass is 315 g/mol. The third kappa shape index (κ3) is 4.00. The molecule has 2 N–H and O–H groups in total. The maximum Gasteiger partial charge on any atom is 0.339 e. The van der Waals surface area contributed by atoms with E-state index in [2.05, 4.69) is 5.32 Å². The number of furan rings is 1. The number of rotatable bonds is 6. The van der Waals surface area contributed by atoms with Crippen molar-refractivity contribution < 1.29 is 19.1 Å². The molecule has 5 heteroatoms. The van der Waals surface area contributed by atoms with E-state index in [0.29, 0.717) is 18.6 Å². The lowest BCUT2D eigenvalue weighted by molar-refractivity contribution is 0.0694. The van der Waals surface area contributed by atoms with Gasteiger partial charge in [-0.1, -0.05) is 31.2 Å². The van der Waals surface area contributed by atoms with Crippen LogP contribution in [0.2, 0.25) is 0 Å². The van der Waals surface area contributed by atoms with E-state index < -0.39 is 11.9 Å². The average Bonchev–Trinajstić information content (AvgIpc) is 2.94. The van der Waals surface area contributed by atoms with Gasteiger partial charge in [0.1, 0.15) is 11.3 Å². The van der Waals surface area contributed by atoms with E-state index in [1.54, 1.807) is 6.92 Å². The summed E-state index contributed by atoms with van der Waals surface area (Å²) in [6.07, 6.45) is 1.12. The molecule has 2 rings (SSSR count). The molecule has 0 saturated carbocycles. The Morgan fingerprint density at radius 3 is 2.57 bits per heavy atom. The zero-order valence-electron chi connectivity index (χ0n) is 13.6. The Morgan fingerprint density at radius 1 is 1.30 bits per heavy atom. The molecule has 2 aromatic rings. The van der Waals surface area contributed by atoms with Crippen molar-refractivity contribution in [1.29, 1.82) is 0 Å². The molecule has 1 unspecified atom stereocenters. The molecule has 0 aliphatic rings. The standard InChI is InChI=1S/C18H21NO4/c1-4-15-14(18(21)22)10-16(23-15)17(20)19-12(3)9-13-8-6-5-7-11(13)2/h5-8,10,12H,4,9H2,1-3H3,(H,19,20)(H,21,22). The number of amides is 1. The van der Waals surface area contributed by atoms with Gasteiger partial charge in [0.05, 0.1) is 0 Å². The number of hydrogen-bond donors (Lipinski definition) is 2. The molecule has 5 nitrogen and oxygen atoms in total. The van der Waals surface area contributed by atoms with Crippen molar-refractivity contribution in [3.8, 4) is 0 Å². The summed E-state index contributed by atoms with van der Waals surface area (Å²) in [6, 6.07) is 9.20. The highest BCUT2D eigenvalue weighted by atomic mass is 16.4. The van der Waals surface area contributed by atoms with E-state index in [1.807, 2.05) is 38.1 Å². The van der Waals surface area contributed by atoms with Crippen LogP contribution < -0.4 is 5.32 Å². The van der Waals surface area contributed by atoms with Gasteiger partial charge >= 0.3 is 5.97 Å². The summed E-state index contributed by atoms with van der Waals surface area (Å²) in [7, 11) is 0. The van der Waals surface area contributed by atoms with E-state index in [9.17, 15) is 9.59 Å². The maximum atomic E-state index is 12.2. The molecule has 0 radical (unpaired) electrons. The van der Waals surface area contributed by atoms with Crippen LogP contribution in [0.5, 0.6) is 0 Å². The van der Waals surface area contributed by atoms with Gasteiger partial charge in [0.15, 0.2) is 5.76 Å². The van der Waals surface area contributed by atoms with Gasteiger partial charge in [-0.05, 0) is 31.4 Å². The van der Waals surface area contributed by atoms with Gasteiger partial charge < -0.3 is 14.8 Å². The predicted octanol–water partition coefficient (Wildman–Crippen LogP) is 3.21. The Balaban J connectivity index is 2.07. The zero-order valence-corrected chi connectivity index (χ0v) is 13.6. The van der Waals surface area contributed by atoms with Crippen molar-refractivity contribution >= 4 is 11.9 Å². The van der Waals surface area contributed by atoms with Crippen molar-refractivity contribution in [2.45, 2.75) is 39.7 Å². The van der Waals surface area contributed by atoms with Crippen molar-refractivity contribution in [3.63, 3.8) is 0 Å². The molecule has 0 spiro atoms. The van der Waals surface area contributed by atoms with Crippen LogP contribution in [0.25, 0.3) is 0 Å². The molecular formula is C18H21NO4. The number of carbonyl (C=O) groups excluding carboxylic acids is 1. The first-order valence-electron chi connectivity index (χ1n) is 7.63. The fourth-order valence-corrected chi connectivity index (χ4v) is 2.50. The van der Waals surface area contributed by atoms with Crippen LogP contribution >= 0.6 is 0 Å². The van der Waals surface area contributed by atoms with E-state index in [-0.39, 0.29) is 17.4 Å². The number of aryl methyl sites for hydroxylation is 2. The van der Waals surface area contributed by atoms with Crippen molar-refractivity contribution in [3.05, 3.63) is 58.5 Å². The number of carbonyl (C=O) groups is 2. The lowest BCUT2D eigenvalue weighted by atomic mass is 10.0. The summed E-state index contributed by atoms with van der Waals surface area (Å²) in [4.78, 5) is 23.4. The molecule has 0 saturated heterocycles. The zero-order chi connectivity index (χ0) is 17.0. The SMILES string of the molecule is CCc1oc(C(=O)NC(C)Cc2ccccc2C)cc1C(=O)O. The van der Waals surface area contributed by atoms with Gasteiger partial charge in [0, 0.05) is 18.5 Å². The van der Waals surface area contributed by atoms with E-state index in [0.717, 1.165) is 0 Å². The molecule has 0 aliphatic heterocycles. The average molecular weight is 315 g/mol. The number of hydrogen-bond acceptors (Lipinski definition) is 3. The molecule has 1 aromatic carbocycles. The van der Waals surface area contributed by atoms with Crippen LogP contribution in [0.15, 0.2) is 34.7 Å². The third-order valence-corrected chi connectivity index (χ3v) is 3.75. The molecule has 1 aromatic heterocycles. The maximum absolute atomic E-state index is 12.2. The number of carboxylic acid groups (broad SMARTS) is 1. The van der Waals surface area contributed by atoms with E-state index in [1.165, 1.54) is 17.2 Å². The first kappa shape index (κ1) is 16.8. The Morgan fingerprint density at radius 2 is 2.00 bits per heavy atom. The quantitative estimate of drug-likeness (QED) is 0.858. The lowest BCUT2D eigenvalue weighted by Crippen LogP contribution is -2.34. The van der Waals surface area contributed by atoms with E-state index in [4.69, 9.17) is 9.52 Å². The summed E-state index contributed by atoms with van der Waals surface area (Å²) in [5, 5.41) is 12.0. The van der Waals surface area contributed by atoms with Crippen molar-refractivity contribution in [2.24, 2.45) is 0 Å². The van der Waals surface area contributed by atoms with Gasteiger partial charge in [-0.25, -0.2) is 4.79 Å². The Hall–Kier alpha value is -2.56. The second-order valence-electron chi connectivity index (χ2n) is 5.61. The van der Waals surface area contributed by atoms with Crippen LogP contribution in [0.3, 0.4) is 0 Å². The smallest absolute Gasteiger partial charge is 0.339 e. The van der Waals surface area contributed by atoms with Gasteiger partial charge in [-0.2, -0.15) is 0 Å². The van der Waals surface area contributed by atoms with Gasteiger partial charge in [-0.3, -0.25) is 4.79 Å². The van der Waals surface area contributed by atoms with Crippen LogP contribution in [-0.4, -0.2) is 23.0 Å². The largest absolute Gasteiger partial charge is 0.478 e. The second kappa shape index (κ2) is 7.13.